The Balaban J connectivity index is 1.63. The topological polar surface area (TPSA) is 17.1 Å². The van der Waals surface area contributed by atoms with Gasteiger partial charge < -0.3 is 0 Å². The lowest BCUT2D eigenvalue weighted by Crippen LogP contribution is -2.38. The molecule has 0 aromatic heterocycles. The number of carbonyl (C=O) groups excluding carboxylic acids is 1. The van der Waals surface area contributed by atoms with Crippen LogP contribution in [-0.4, -0.2) is 5.78 Å². The molecule has 4 aromatic carbocycles. The summed E-state index contributed by atoms with van der Waals surface area (Å²) < 4.78 is 0. The summed E-state index contributed by atoms with van der Waals surface area (Å²) in [5, 5.41) is 0. The van der Waals surface area contributed by atoms with Crippen LogP contribution in [0.3, 0.4) is 0 Å². The molecule has 1 heteroatoms. The second-order valence-corrected chi connectivity index (χ2v) is 8.53. The molecule has 4 aromatic rings. The van der Waals surface area contributed by atoms with Crippen LogP contribution in [-0.2, 0) is 29.5 Å². The van der Waals surface area contributed by atoms with Gasteiger partial charge >= 0.3 is 0 Å². The third-order valence-corrected chi connectivity index (χ3v) is 6.56. The molecule has 0 N–H and O–H groups in total. The Hall–Kier alpha value is -3.45. The maximum atomic E-state index is 14.3. The lowest BCUT2D eigenvalue weighted by atomic mass is 9.71. The van der Waals surface area contributed by atoms with E-state index in [9.17, 15) is 4.79 Å². The number of rotatable bonds is 6. The molecule has 5 rings (SSSR count). The van der Waals surface area contributed by atoms with Gasteiger partial charge in [0.2, 0.25) is 0 Å². The van der Waals surface area contributed by atoms with Crippen LogP contribution in [0.25, 0.3) is 0 Å². The van der Waals surface area contributed by atoms with Crippen LogP contribution in [0.15, 0.2) is 109 Å². The summed E-state index contributed by atoms with van der Waals surface area (Å²) >= 11 is 0. The number of fused-ring (bicyclic) bond motifs is 1. The zero-order chi connectivity index (χ0) is 21.1. The van der Waals surface area contributed by atoms with E-state index < -0.39 is 5.41 Å². The first kappa shape index (κ1) is 19.5. The van der Waals surface area contributed by atoms with E-state index in [1.807, 2.05) is 24.3 Å². The van der Waals surface area contributed by atoms with E-state index in [0.29, 0.717) is 18.6 Å². The predicted molar refractivity (Wildman–Crippen MR) is 125 cm³/mol. The van der Waals surface area contributed by atoms with Crippen LogP contribution in [0.5, 0.6) is 0 Å². The Morgan fingerprint density at radius 3 is 1.74 bits per heavy atom. The van der Waals surface area contributed by atoms with Crippen LogP contribution in [0.4, 0.5) is 0 Å². The fourth-order valence-electron chi connectivity index (χ4n) is 5.14. The molecule has 0 saturated heterocycles. The van der Waals surface area contributed by atoms with Gasteiger partial charge in [0.1, 0.15) is 0 Å². The molecule has 0 fully saturated rings. The summed E-state index contributed by atoms with van der Waals surface area (Å²) in [7, 11) is 0. The number of Topliss-reactive ketones (excluding diaryl/α,β-unsaturated/α-hetero) is 1. The minimum absolute atomic E-state index is 0.126. The Labute approximate surface area is 184 Å². The van der Waals surface area contributed by atoms with Gasteiger partial charge in [-0.05, 0) is 59.2 Å². The maximum absolute atomic E-state index is 14.3. The van der Waals surface area contributed by atoms with Crippen LogP contribution in [0.1, 0.15) is 33.7 Å². The number of benzene rings is 4. The molecule has 0 saturated carbocycles. The molecule has 1 unspecified atom stereocenters. The monoisotopic (exact) mass is 401 g/mol. The lowest BCUT2D eigenvalue weighted by Gasteiger charge is -2.30. The predicted octanol–water partition coefficient (Wildman–Crippen LogP) is 6.12. The van der Waals surface area contributed by atoms with Crippen LogP contribution >= 0.6 is 0 Å². The van der Waals surface area contributed by atoms with Gasteiger partial charge in [-0.15, -0.1) is 0 Å². The first-order valence-corrected chi connectivity index (χ1v) is 10.9. The van der Waals surface area contributed by atoms with Gasteiger partial charge in [-0.1, -0.05) is 103 Å². The Morgan fingerprint density at radius 2 is 1.19 bits per heavy atom. The highest BCUT2D eigenvalue weighted by atomic mass is 16.1. The summed E-state index contributed by atoms with van der Waals surface area (Å²) in [6, 6.07) is 40.6. The maximum Gasteiger partial charge on any atom is 0.151 e. The Bertz CT molecular complexity index is 1120. The Morgan fingerprint density at radius 1 is 0.677 bits per heavy atom. The highest BCUT2D eigenvalue weighted by Gasteiger charge is 2.51. The highest BCUT2D eigenvalue weighted by molar-refractivity contribution is 6.01. The van der Waals surface area contributed by atoms with E-state index in [4.69, 9.17) is 0 Å². The van der Waals surface area contributed by atoms with E-state index in [0.717, 1.165) is 12.0 Å². The standard InChI is InChI=1S/C30H25O/c31-29-27(20-23-12-4-1-5-13-23)26-18-10-11-19-28(26)30(29,21-24-14-6-2-7-15-24)22-25-16-8-3-9-17-25/h1-10,12-19,27H,20-22H2. The molecular formula is C30H25O. The Kier molecular flexibility index (Phi) is 5.26. The summed E-state index contributed by atoms with van der Waals surface area (Å²) in [6.07, 6.45) is 2.15. The van der Waals surface area contributed by atoms with Crippen LogP contribution < -0.4 is 0 Å². The molecule has 0 bridgehead atoms. The number of ketones is 1. The summed E-state index contributed by atoms with van der Waals surface area (Å²) in [5.74, 6) is 0.207. The smallest absolute Gasteiger partial charge is 0.151 e. The van der Waals surface area contributed by atoms with Gasteiger partial charge in [-0.3, -0.25) is 4.79 Å². The molecule has 1 aliphatic rings. The van der Waals surface area contributed by atoms with Crippen molar-refractivity contribution in [3.05, 3.63) is 143 Å². The molecular weight excluding hydrogens is 376 g/mol. The molecule has 0 aliphatic heterocycles. The van der Waals surface area contributed by atoms with Crippen LogP contribution in [0.2, 0.25) is 0 Å². The van der Waals surface area contributed by atoms with Gasteiger partial charge in [0.25, 0.3) is 0 Å². The van der Waals surface area contributed by atoms with Crippen molar-refractivity contribution in [1.82, 2.24) is 0 Å². The second kappa shape index (κ2) is 8.35. The molecule has 1 radical (unpaired) electrons. The van der Waals surface area contributed by atoms with Crippen molar-refractivity contribution < 1.29 is 4.79 Å². The average Bonchev–Trinajstić information content (AvgIpc) is 3.04. The zero-order valence-corrected chi connectivity index (χ0v) is 17.5. The molecule has 0 spiro atoms. The van der Waals surface area contributed by atoms with Crippen molar-refractivity contribution >= 4 is 5.78 Å². The summed E-state index contributed by atoms with van der Waals surface area (Å²) in [6.45, 7) is 0. The van der Waals surface area contributed by atoms with Crippen molar-refractivity contribution in [2.45, 2.75) is 30.6 Å². The first-order valence-electron chi connectivity index (χ1n) is 10.9. The minimum atomic E-state index is -0.574. The third kappa shape index (κ3) is 3.72. The summed E-state index contributed by atoms with van der Waals surface area (Å²) in [4.78, 5) is 14.3. The number of hydrogen-bond donors (Lipinski definition) is 0. The molecule has 1 nitrogen and oxygen atoms in total. The number of hydrogen-bond acceptors (Lipinski definition) is 1. The van der Waals surface area contributed by atoms with Crippen molar-refractivity contribution in [1.29, 1.82) is 0 Å². The van der Waals surface area contributed by atoms with E-state index in [1.54, 1.807) is 0 Å². The van der Waals surface area contributed by atoms with Crippen molar-refractivity contribution in [2.75, 3.05) is 0 Å². The van der Waals surface area contributed by atoms with E-state index in [-0.39, 0.29) is 5.92 Å². The molecule has 0 heterocycles. The SMILES string of the molecule is O=C1C(Cc2ccccc2)c2cc[c]cc2C1(Cc1ccccc1)Cc1ccccc1. The van der Waals surface area contributed by atoms with Gasteiger partial charge in [-0.25, -0.2) is 0 Å². The summed E-state index contributed by atoms with van der Waals surface area (Å²) in [5.41, 5.74) is 5.33. The quantitative estimate of drug-likeness (QED) is 0.380. The van der Waals surface area contributed by atoms with Gasteiger partial charge in [0.15, 0.2) is 5.78 Å². The largest absolute Gasteiger partial charge is 0.298 e. The van der Waals surface area contributed by atoms with Gasteiger partial charge in [0, 0.05) is 5.92 Å². The second-order valence-electron chi connectivity index (χ2n) is 8.53. The first-order chi connectivity index (χ1) is 15.3. The fraction of sp³-hybridized carbons (Fsp3) is 0.167. The molecule has 0 amide bonds. The van der Waals surface area contributed by atoms with E-state index >= 15 is 0 Å². The number of carbonyl (C=O) groups is 1. The van der Waals surface area contributed by atoms with E-state index in [1.165, 1.54) is 22.3 Å². The normalized spacial score (nSPS) is 16.8. The molecule has 1 aliphatic carbocycles. The van der Waals surface area contributed by atoms with Crippen molar-refractivity contribution in [3.8, 4) is 0 Å². The van der Waals surface area contributed by atoms with Crippen molar-refractivity contribution in [3.63, 3.8) is 0 Å². The van der Waals surface area contributed by atoms with Gasteiger partial charge in [0.05, 0.1) is 5.41 Å². The van der Waals surface area contributed by atoms with Crippen molar-refractivity contribution in [2.24, 2.45) is 0 Å². The highest BCUT2D eigenvalue weighted by Crippen LogP contribution is 2.48. The molecule has 1 atom stereocenters. The zero-order valence-electron chi connectivity index (χ0n) is 17.5. The van der Waals surface area contributed by atoms with Gasteiger partial charge in [-0.2, -0.15) is 0 Å². The molecule has 151 valence electrons. The van der Waals surface area contributed by atoms with Crippen LogP contribution in [0, 0.1) is 6.07 Å². The third-order valence-electron chi connectivity index (χ3n) is 6.56. The molecule has 31 heavy (non-hydrogen) atoms. The minimum Gasteiger partial charge on any atom is -0.298 e. The fourth-order valence-corrected chi connectivity index (χ4v) is 5.14. The lowest BCUT2D eigenvalue weighted by molar-refractivity contribution is -0.124. The average molecular weight is 402 g/mol. The van der Waals surface area contributed by atoms with E-state index in [2.05, 4.69) is 91.0 Å².